The Bertz CT molecular complexity index is 282. The number of aromatic nitrogens is 3. The Balaban J connectivity index is 2.95. The van der Waals surface area contributed by atoms with Gasteiger partial charge in [-0.15, -0.1) is 5.10 Å². The number of hydrogen-bond acceptors (Lipinski definition) is 2. The maximum absolute atomic E-state index is 3.65. The second-order valence-electron chi connectivity index (χ2n) is 1.76. The fraction of sp³-hybridized carbons (Fsp3) is 0. The van der Waals surface area contributed by atoms with Gasteiger partial charge in [0.15, 0.2) is 0 Å². The molecule has 3 nitrogen and oxygen atoms in total. The minimum Gasteiger partial charge on any atom is -0.360 e. The van der Waals surface area contributed by atoms with E-state index >= 15 is 0 Å². The van der Waals surface area contributed by atoms with Crippen molar-refractivity contribution >= 4 is 10.9 Å². The van der Waals surface area contributed by atoms with E-state index in [9.17, 15) is 0 Å². The number of fused-ring (bicyclic) bond motifs is 1. The van der Waals surface area contributed by atoms with Crippen molar-refractivity contribution in [3.8, 4) is 0 Å². The largest absolute Gasteiger partial charge is 0.360 e. The van der Waals surface area contributed by atoms with Crippen molar-refractivity contribution in [2.75, 3.05) is 0 Å². The van der Waals surface area contributed by atoms with Gasteiger partial charge in [0.1, 0.15) is 6.20 Å². The Morgan fingerprint density at radius 2 is 2.56 bits per heavy atom. The van der Waals surface area contributed by atoms with E-state index in [-0.39, 0.29) is 0 Å². The molecule has 9 heavy (non-hydrogen) atoms. The van der Waals surface area contributed by atoms with Crippen molar-refractivity contribution in [1.82, 2.24) is 15.2 Å². The van der Waals surface area contributed by atoms with Crippen molar-refractivity contribution in [2.45, 2.75) is 0 Å². The summed E-state index contributed by atoms with van der Waals surface area (Å²) in [6.07, 6.45) is 6.25. The molecule has 0 aliphatic rings. The van der Waals surface area contributed by atoms with Crippen LogP contribution in [0.15, 0.2) is 18.5 Å². The molecule has 2 aromatic heterocycles. The number of aromatic amines is 1. The number of nitrogens with one attached hydrogen (secondary N) is 1. The quantitative estimate of drug-likeness (QED) is 0.554. The van der Waals surface area contributed by atoms with Gasteiger partial charge < -0.3 is 4.98 Å². The van der Waals surface area contributed by atoms with Gasteiger partial charge in [-0.1, -0.05) is 0 Å². The molecular weight excluding hydrogens is 114 g/mol. The third-order valence-corrected chi connectivity index (χ3v) is 1.19. The average Bonchev–Trinajstić information content (AvgIpc) is 2.33. The van der Waals surface area contributed by atoms with Gasteiger partial charge in [0.2, 0.25) is 0 Å². The summed E-state index contributed by atoms with van der Waals surface area (Å²) in [5.41, 5.74) is 0.977. The summed E-state index contributed by atoms with van der Waals surface area (Å²) < 4.78 is 0. The first-order valence-electron chi connectivity index (χ1n) is 2.63. The lowest BCUT2D eigenvalue weighted by atomic mass is 10.4. The zero-order valence-electron chi connectivity index (χ0n) is 4.63. The van der Waals surface area contributed by atoms with E-state index in [2.05, 4.69) is 21.4 Å². The molecule has 0 saturated heterocycles. The molecule has 1 N–H and O–H groups in total. The fourth-order valence-electron chi connectivity index (χ4n) is 0.756. The Labute approximate surface area is 51.7 Å². The first-order valence-corrected chi connectivity index (χ1v) is 2.63. The lowest BCUT2D eigenvalue weighted by Gasteiger charge is -1.80. The standard InChI is InChI=1S/C6H4N3/c1-2-7-6-4-9-8-3-5(1)6/h1-2,4,7H. The minimum atomic E-state index is 0.977. The lowest BCUT2D eigenvalue weighted by Crippen LogP contribution is -1.76. The van der Waals surface area contributed by atoms with Crippen LogP contribution in [0.1, 0.15) is 0 Å². The van der Waals surface area contributed by atoms with Crippen LogP contribution in [0.2, 0.25) is 0 Å². The summed E-state index contributed by atoms with van der Waals surface area (Å²) >= 11 is 0. The fourth-order valence-corrected chi connectivity index (χ4v) is 0.756. The second-order valence-corrected chi connectivity index (χ2v) is 1.76. The van der Waals surface area contributed by atoms with Gasteiger partial charge in [-0.25, -0.2) is 0 Å². The Kier molecular flexibility index (Phi) is 0.773. The molecule has 0 amide bonds. The molecular formula is C6H4N3. The zero-order chi connectivity index (χ0) is 6.10. The average molecular weight is 118 g/mol. The maximum Gasteiger partial charge on any atom is 0.123 e. The normalized spacial score (nSPS) is 10.2. The number of nitrogens with zero attached hydrogens (tertiary/aromatic N) is 2. The monoisotopic (exact) mass is 118 g/mol. The minimum absolute atomic E-state index is 0.977. The Morgan fingerprint density at radius 3 is 3.44 bits per heavy atom. The van der Waals surface area contributed by atoms with Crippen molar-refractivity contribution < 1.29 is 0 Å². The molecule has 0 aliphatic carbocycles. The third kappa shape index (κ3) is 0.579. The van der Waals surface area contributed by atoms with Gasteiger partial charge in [-0.2, -0.15) is 5.10 Å². The predicted octanol–water partition coefficient (Wildman–Crippen LogP) is 0.758. The first kappa shape index (κ1) is 4.49. The summed E-state index contributed by atoms with van der Waals surface area (Å²) in [6.45, 7) is 0. The summed E-state index contributed by atoms with van der Waals surface area (Å²) in [5.74, 6) is 0. The third-order valence-electron chi connectivity index (χ3n) is 1.19. The molecule has 0 saturated carbocycles. The van der Waals surface area contributed by atoms with E-state index in [4.69, 9.17) is 0 Å². The summed E-state index contributed by atoms with van der Waals surface area (Å²) in [5, 5.41) is 8.22. The van der Waals surface area contributed by atoms with Gasteiger partial charge in [-0.3, -0.25) is 0 Å². The number of H-pyrrole nitrogens is 1. The molecule has 1 radical (unpaired) electrons. The van der Waals surface area contributed by atoms with Crippen LogP contribution in [0.5, 0.6) is 0 Å². The van der Waals surface area contributed by atoms with E-state index in [1.54, 1.807) is 6.20 Å². The summed E-state index contributed by atoms with van der Waals surface area (Å²) in [6, 6.07) is 1.91. The summed E-state index contributed by atoms with van der Waals surface area (Å²) in [7, 11) is 0. The predicted molar refractivity (Wildman–Crippen MR) is 32.7 cm³/mol. The molecule has 2 aromatic rings. The summed E-state index contributed by atoms with van der Waals surface area (Å²) in [4.78, 5) is 2.99. The number of hydrogen-bond donors (Lipinski definition) is 1. The van der Waals surface area contributed by atoms with E-state index < -0.39 is 0 Å². The molecule has 0 spiro atoms. The Hall–Kier alpha value is -1.38. The molecule has 0 atom stereocenters. The van der Waals surface area contributed by atoms with Crippen molar-refractivity contribution in [1.29, 1.82) is 0 Å². The highest BCUT2D eigenvalue weighted by Gasteiger charge is 1.89. The van der Waals surface area contributed by atoms with Gasteiger partial charge in [0, 0.05) is 11.6 Å². The van der Waals surface area contributed by atoms with Crippen LogP contribution in [-0.2, 0) is 0 Å². The second kappa shape index (κ2) is 1.55. The zero-order valence-corrected chi connectivity index (χ0v) is 4.63. The molecule has 0 bridgehead atoms. The topological polar surface area (TPSA) is 41.6 Å². The molecule has 3 heteroatoms. The van der Waals surface area contributed by atoms with Gasteiger partial charge >= 0.3 is 0 Å². The van der Waals surface area contributed by atoms with Crippen LogP contribution >= 0.6 is 0 Å². The van der Waals surface area contributed by atoms with Crippen LogP contribution in [0.25, 0.3) is 10.9 Å². The van der Waals surface area contributed by atoms with E-state index in [1.165, 1.54) is 0 Å². The number of rotatable bonds is 0. The van der Waals surface area contributed by atoms with E-state index in [0.29, 0.717) is 0 Å². The van der Waals surface area contributed by atoms with Crippen LogP contribution in [0.4, 0.5) is 0 Å². The molecule has 0 aromatic carbocycles. The molecule has 0 aliphatic heterocycles. The highest BCUT2D eigenvalue weighted by Crippen LogP contribution is 2.05. The molecule has 0 unspecified atom stereocenters. The van der Waals surface area contributed by atoms with Gasteiger partial charge in [0.05, 0.1) is 11.7 Å². The van der Waals surface area contributed by atoms with Crippen LogP contribution in [0, 0.1) is 6.20 Å². The lowest BCUT2D eigenvalue weighted by molar-refractivity contribution is 1.04. The highest BCUT2D eigenvalue weighted by molar-refractivity contribution is 5.76. The highest BCUT2D eigenvalue weighted by atomic mass is 15.1. The van der Waals surface area contributed by atoms with Crippen molar-refractivity contribution in [3.05, 3.63) is 24.7 Å². The first-order chi connectivity index (χ1) is 4.47. The smallest absolute Gasteiger partial charge is 0.123 e. The molecule has 43 valence electrons. The Morgan fingerprint density at radius 1 is 1.56 bits per heavy atom. The molecule has 2 rings (SSSR count). The molecule has 2 heterocycles. The van der Waals surface area contributed by atoms with Crippen LogP contribution in [0.3, 0.4) is 0 Å². The van der Waals surface area contributed by atoms with Crippen molar-refractivity contribution in [3.63, 3.8) is 0 Å². The van der Waals surface area contributed by atoms with Crippen LogP contribution < -0.4 is 0 Å². The maximum atomic E-state index is 3.65. The molecule has 0 fully saturated rings. The van der Waals surface area contributed by atoms with E-state index in [1.807, 2.05) is 12.3 Å². The van der Waals surface area contributed by atoms with Gasteiger partial charge in [0.25, 0.3) is 0 Å². The van der Waals surface area contributed by atoms with E-state index in [0.717, 1.165) is 10.9 Å². The van der Waals surface area contributed by atoms with Crippen molar-refractivity contribution in [2.24, 2.45) is 0 Å². The SMILES string of the molecule is [c]1nncc2[nH]ccc12. The van der Waals surface area contributed by atoms with Crippen LogP contribution in [-0.4, -0.2) is 15.2 Å². The van der Waals surface area contributed by atoms with Gasteiger partial charge in [-0.05, 0) is 6.07 Å².